The third kappa shape index (κ3) is 3.52. The largest absolute Gasteiger partial charge is 0.330 e. The summed E-state index contributed by atoms with van der Waals surface area (Å²) in [5.41, 5.74) is 5.78. The number of nitrogens with zero attached hydrogens (tertiary/aromatic N) is 1. The molecule has 1 heterocycles. The van der Waals surface area contributed by atoms with Gasteiger partial charge in [-0.2, -0.15) is 0 Å². The van der Waals surface area contributed by atoms with E-state index in [-0.39, 0.29) is 10.3 Å². The molecule has 0 radical (unpaired) electrons. The van der Waals surface area contributed by atoms with Crippen molar-refractivity contribution in [2.24, 2.45) is 11.1 Å². The van der Waals surface area contributed by atoms with Gasteiger partial charge in [-0.3, -0.25) is 4.98 Å². The highest BCUT2D eigenvalue weighted by Crippen LogP contribution is 2.34. The van der Waals surface area contributed by atoms with Crippen molar-refractivity contribution in [3.63, 3.8) is 0 Å². The smallest absolute Gasteiger partial charge is 0.242 e. The van der Waals surface area contributed by atoms with E-state index in [1.54, 1.807) is 18.3 Å². The van der Waals surface area contributed by atoms with Gasteiger partial charge in [-0.15, -0.1) is 0 Å². The Labute approximate surface area is 114 Å². The molecule has 1 saturated carbocycles. The molecule has 5 nitrogen and oxygen atoms in total. The third-order valence-corrected chi connectivity index (χ3v) is 5.32. The summed E-state index contributed by atoms with van der Waals surface area (Å²) in [7, 11) is -3.48. The highest BCUT2D eigenvalue weighted by Gasteiger charge is 2.32. The Balaban J connectivity index is 2.05. The van der Waals surface area contributed by atoms with E-state index in [9.17, 15) is 8.42 Å². The lowest BCUT2D eigenvalue weighted by atomic mass is 9.74. The second-order valence-corrected chi connectivity index (χ2v) is 7.05. The molecule has 1 fully saturated rings. The Morgan fingerprint density at radius 3 is 2.63 bits per heavy atom. The molecular formula is C13H21N3O2S. The van der Waals surface area contributed by atoms with Crippen LogP contribution in [0.15, 0.2) is 29.4 Å². The predicted molar refractivity (Wildman–Crippen MR) is 74.0 cm³/mol. The molecule has 1 aromatic rings. The molecule has 0 amide bonds. The summed E-state index contributed by atoms with van der Waals surface area (Å²) in [5.74, 6) is 0. The lowest BCUT2D eigenvalue weighted by Crippen LogP contribution is -2.43. The summed E-state index contributed by atoms with van der Waals surface area (Å²) in [5, 5.41) is 0. The Bertz CT molecular complexity index is 496. The van der Waals surface area contributed by atoms with Crippen LogP contribution in [0.25, 0.3) is 0 Å². The van der Waals surface area contributed by atoms with Crippen molar-refractivity contribution >= 4 is 10.0 Å². The summed E-state index contributed by atoms with van der Waals surface area (Å²) in [4.78, 5) is 4.05. The maximum absolute atomic E-state index is 12.1. The van der Waals surface area contributed by atoms with Crippen molar-refractivity contribution in [1.29, 1.82) is 0 Å². The topological polar surface area (TPSA) is 85.1 Å². The van der Waals surface area contributed by atoms with Crippen molar-refractivity contribution in [2.75, 3.05) is 13.1 Å². The van der Waals surface area contributed by atoms with Gasteiger partial charge in [-0.25, -0.2) is 13.1 Å². The predicted octanol–water partition coefficient (Wildman–Crippen LogP) is 1.27. The molecule has 1 aliphatic rings. The van der Waals surface area contributed by atoms with Gasteiger partial charge in [0.2, 0.25) is 10.0 Å². The van der Waals surface area contributed by atoms with Crippen LogP contribution >= 0.6 is 0 Å². The van der Waals surface area contributed by atoms with Crippen LogP contribution in [0.5, 0.6) is 0 Å². The Kier molecular flexibility index (Phi) is 4.54. The van der Waals surface area contributed by atoms with Gasteiger partial charge in [0.15, 0.2) is 0 Å². The molecule has 0 atom stereocenters. The molecular weight excluding hydrogens is 262 g/mol. The highest BCUT2D eigenvalue weighted by atomic mass is 32.2. The number of hydrogen-bond donors (Lipinski definition) is 2. The number of nitrogens with two attached hydrogens (primary N) is 1. The summed E-state index contributed by atoms with van der Waals surface area (Å²) >= 11 is 0. The zero-order valence-electron chi connectivity index (χ0n) is 11.0. The van der Waals surface area contributed by atoms with Crippen molar-refractivity contribution in [3.05, 3.63) is 24.5 Å². The summed E-state index contributed by atoms with van der Waals surface area (Å²) < 4.78 is 27.0. The summed E-state index contributed by atoms with van der Waals surface area (Å²) in [6.45, 7) is 0.948. The summed E-state index contributed by atoms with van der Waals surface area (Å²) in [6, 6.07) is 3.17. The maximum Gasteiger partial charge on any atom is 0.242 e. The van der Waals surface area contributed by atoms with Crippen LogP contribution in [0.3, 0.4) is 0 Å². The lowest BCUT2D eigenvalue weighted by Gasteiger charge is -2.36. The average molecular weight is 283 g/mol. The average Bonchev–Trinajstić information content (AvgIpc) is 2.47. The van der Waals surface area contributed by atoms with Crippen LogP contribution < -0.4 is 10.5 Å². The van der Waals surface area contributed by atoms with Gasteiger partial charge in [0, 0.05) is 18.9 Å². The van der Waals surface area contributed by atoms with Crippen LogP contribution in [-0.2, 0) is 10.0 Å². The number of sulfonamides is 1. The van der Waals surface area contributed by atoms with Crippen LogP contribution in [0, 0.1) is 5.41 Å². The first-order valence-corrected chi connectivity index (χ1v) is 8.16. The van der Waals surface area contributed by atoms with Gasteiger partial charge in [-0.05, 0) is 36.9 Å². The Morgan fingerprint density at radius 1 is 1.32 bits per heavy atom. The van der Waals surface area contributed by atoms with E-state index in [4.69, 9.17) is 5.73 Å². The van der Waals surface area contributed by atoms with E-state index >= 15 is 0 Å². The Morgan fingerprint density at radius 2 is 2.05 bits per heavy atom. The SMILES string of the molecule is NCC1(CNS(=O)(=O)c2cccnc2)CCCCC1. The molecule has 0 aliphatic heterocycles. The van der Waals surface area contributed by atoms with Crippen molar-refractivity contribution in [3.8, 4) is 0 Å². The standard InChI is InChI=1S/C13H21N3O2S/c14-10-13(6-2-1-3-7-13)11-16-19(17,18)12-5-4-8-15-9-12/h4-5,8-9,16H,1-3,6-7,10-11,14H2. The molecule has 1 aromatic heterocycles. The molecule has 0 bridgehead atoms. The van der Waals surface area contributed by atoms with Gasteiger partial charge in [-0.1, -0.05) is 19.3 Å². The quantitative estimate of drug-likeness (QED) is 0.852. The minimum absolute atomic E-state index is 0.0759. The molecule has 0 aromatic carbocycles. The summed E-state index contributed by atoms with van der Waals surface area (Å²) in [6.07, 6.45) is 8.40. The van der Waals surface area contributed by atoms with E-state index in [2.05, 4.69) is 9.71 Å². The number of hydrogen-bond acceptors (Lipinski definition) is 4. The van der Waals surface area contributed by atoms with Gasteiger partial charge in [0.05, 0.1) is 0 Å². The van der Waals surface area contributed by atoms with E-state index in [0.717, 1.165) is 25.7 Å². The third-order valence-electron chi connectivity index (χ3n) is 3.93. The fourth-order valence-corrected chi connectivity index (χ4v) is 3.71. The first kappa shape index (κ1) is 14.4. The number of nitrogens with one attached hydrogen (secondary N) is 1. The number of pyridine rings is 1. The van der Waals surface area contributed by atoms with E-state index in [1.807, 2.05) is 0 Å². The van der Waals surface area contributed by atoms with Gasteiger partial charge in [0.25, 0.3) is 0 Å². The molecule has 0 unspecified atom stereocenters. The minimum atomic E-state index is -3.48. The molecule has 0 spiro atoms. The fourth-order valence-electron chi connectivity index (χ4n) is 2.59. The molecule has 6 heteroatoms. The van der Waals surface area contributed by atoms with Crippen molar-refractivity contribution < 1.29 is 8.42 Å². The zero-order valence-corrected chi connectivity index (χ0v) is 11.8. The zero-order chi connectivity index (χ0) is 13.8. The monoisotopic (exact) mass is 283 g/mol. The van der Waals surface area contributed by atoms with Gasteiger partial charge < -0.3 is 5.73 Å². The normalized spacial score (nSPS) is 19.2. The highest BCUT2D eigenvalue weighted by molar-refractivity contribution is 7.89. The van der Waals surface area contributed by atoms with E-state index in [0.29, 0.717) is 13.1 Å². The number of aromatic nitrogens is 1. The maximum atomic E-state index is 12.1. The second kappa shape index (κ2) is 5.98. The van der Waals surface area contributed by atoms with Crippen LogP contribution in [0.4, 0.5) is 0 Å². The minimum Gasteiger partial charge on any atom is -0.330 e. The van der Waals surface area contributed by atoms with Crippen LogP contribution in [0.1, 0.15) is 32.1 Å². The van der Waals surface area contributed by atoms with E-state index in [1.165, 1.54) is 12.6 Å². The van der Waals surface area contributed by atoms with Crippen LogP contribution in [-0.4, -0.2) is 26.5 Å². The molecule has 1 aliphatic carbocycles. The number of rotatable bonds is 5. The van der Waals surface area contributed by atoms with Crippen LogP contribution in [0.2, 0.25) is 0 Å². The van der Waals surface area contributed by atoms with Crippen molar-refractivity contribution in [1.82, 2.24) is 9.71 Å². The molecule has 3 N–H and O–H groups in total. The van der Waals surface area contributed by atoms with Crippen molar-refractivity contribution in [2.45, 2.75) is 37.0 Å². The van der Waals surface area contributed by atoms with E-state index < -0.39 is 10.0 Å². The lowest BCUT2D eigenvalue weighted by molar-refractivity contribution is 0.202. The molecule has 106 valence electrons. The molecule has 19 heavy (non-hydrogen) atoms. The molecule has 0 saturated heterocycles. The fraction of sp³-hybridized carbons (Fsp3) is 0.615. The van der Waals surface area contributed by atoms with Gasteiger partial charge in [0.1, 0.15) is 4.90 Å². The molecule has 2 rings (SSSR count). The Hall–Kier alpha value is -0.980. The first-order chi connectivity index (χ1) is 9.08. The van der Waals surface area contributed by atoms with Gasteiger partial charge >= 0.3 is 0 Å². The second-order valence-electron chi connectivity index (χ2n) is 5.28. The first-order valence-electron chi connectivity index (χ1n) is 6.68.